The molecule has 1 aromatic heterocycles. The number of fused-ring (bicyclic) bond motifs is 2. The van der Waals surface area contributed by atoms with E-state index in [1.165, 1.54) is 4.57 Å². The van der Waals surface area contributed by atoms with Crippen molar-refractivity contribution >= 4 is 22.5 Å². The summed E-state index contributed by atoms with van der Waals surface area (Å²) < 4.78 is 13.0. The Morgan fingerprint density at radius 3 is 2.26 bits per heavy atom. The molecule has 0 aliphatic carbocycles. The number of anilines is 1. The number of nitrogens with zero attached hydrogens (tertiary/aromatic N) is 1. The van der Waals surface area contributed by atoms with E-state index in [0.29, 0.717) is 48.9 Å². The van der Waals surface area contributed by atoms with E-state index in [-0.39, 0.29) is 18.0 Å². The van der Waals surface area contributed by atoms with Crippen LogP contribution in [0.1, 0.15) is 11.1 Å². The molecule has 5 rings (SSSR count). The highest BCUT2D eigenvalue weighted by Gasteiger charge is 2.18. The Hall–Kier alpha value is -4.26. The maximum Gasteiger partial charge on any atom is 0.256 e. The molecule has 7 heteroatoms. The summed E-state index contributed by atoms with van der Waals surface area (Å²) in [6.45, 7) is 1.55. The highest BCUT2D eigenvalue weighted by Crippen LogP contribution is 2.34. The fourth-order valence-electron chi connectivity index (χ4n) is 4.01. The van der Waals surface area contributed by atoms with Crippen LogP contribution in [0.2, 0.25) is 0 Å². The normalized spacial score (nSPS) is 12.4. The number of aromatic nitrogens is 1. The first-order valence-corrected chi connectivity index (χ1v) is 11.2. The Bertz CT molecular complexity index is 1370. The Labute approximate surface area is 196 Å². The van der Waals surface area contributed by atoms with Gasteiger partial charge in [0.05, 0.1) is 5.52 Å². The molecule has 0 spiro atoms. The molecular weight excluding hydrogens is 430 g/mol. The first-order chi connectivity index (χ1) is 16.7. The lowest BCUT2D eigenvalue weighted by molar-refractivity contribution is -0.121. The lowest BCUT2D eigenvalue weighted by Gasteiger charge is -2.21. The van der Waals surface area contributed by atoms with Gasteiger partial charge in [0.25, 0.3) is 5.56 Å². The lowest BCUT2D eigenvalue weighted by atomic mass is 10.1. The predicted octanol–water partition coefficient (Wildman–Crippen LogP) is 3.70. The number of hydrogen-bond acceptors (Lipinski definition) is 5. The average Bonchev–Trinajstić information content (AvgIpc) is 2.88. The Kier molecular flexibility index (Phi) is 6.16. The van der Waals surface area contributed by atoms with Crippen LogP contribution in [0.3, 0.4) is 0 Å². The quantitative estimate of drug-likeness (QED) is 0.444. The first kappa shape index (κ1) is 21.6. The molecule has 0 bridgehead atoms. The van der Waals surface area contributed by atoms with Crippen molar-refractivity contribution in [3.8, 4) is 11.5 Å². The number of hydrogen-bond donors (Lipinski definition) is 2. The lowest BCUT2D eigenvalue weighted by Crippen LogP contribution is -2.34. The minimum absolute atomic E-state index is 0.0962. The molecule has 2 N–H and O–H groups in total. The largest absolute Gasteiger partial charge is 0.486 e. The van der Waals surface area contributed by atoms with Crippen molar-refractivity contribution in [3.05, 3.63) is 100 Å². The van der Waals surface area contributed by atoms with Crippen LogP contribution in [0.5, 0.6) is 11.5 Å². The number of amides is 1. The molecular formula is C27H25N3O4. The van der Waals surface area contributed by atoms with Gasteiger partial charge in [0.1, 0.15) is 19.8 Å². The molecule has 3 aromatic carbocycles. The summed E-state index contributed by atoms with van der Waals surface area (Å²) in [6.07, 6.45) is 0. The van der Waals surface area contributed by atoms with E-state index in [4.69, 9.17) is 9.47 Å². The van der Waals surface area contributed by atoms with Gasteiger partial charge in [-0.25, -0.2) is 0 Å². The van der Waals surface area contributed by atoms with Crippen LogP contribution in [-0.2, 0) is 24.4 Å². The highest BCUT2D eigenvalue weighted by molar-refractivity contribution is 5.86. The number of carbonyl (C=O) groups excluding carboxylic acids is 1. The molecule has 4 aromatic rings. The summed E-state index contributed by atoms with van der Waals surface area (Å²) >= 11 is 0. The van der Waals surface area contributed by atoms with E-state index in [1.54, 1.807) is 6.07 Å². The maximum atomic E-state index is 13.5. The van der Waals surface area contributed by atoms with Gasteiger partial charge < -0.3 is 20.1 Å². The topological polar surface area (TPSA) is 81.6 Å². The SMILES string of the molecule is O=C(Cn1c(=O)c(CNc2ccccc2)cc2cc3c(cc21)OCCO3)NCc1ccccc1. The maximum absolute atomic E-state index is 13.5. The molecule has 0 fully saturated rings. The fraction of sp³-hybridized carbons (Fsp3) is 0.185. The van der Waals surface area contributed by atoms with E-state index in [0.717, 1.165) is 16.6 Å². The van der Waals surface area contributed by atoms with Crippen LogP contribution in [0.25, 0.3) is 10.9 Å². The number of nitrogens with one attached hydrogen (secondary N) is 2. The molecule has 0 radical (unpaired) electrons. The molecule has 7 nitrogen and oxygen atoms in total. The molecule has 1 aliphatic heterocycles. The van der Waals surface area contributed by atoms with Crippen LogP contribution < -0.4 is 25.7 Å². The standard InChI is InChI=1S/C27H25N3O4/c31-26(29-16-19-7-3-1-4-8-19)18-30-23-15-25-24(33-11-12-34-25)14-20(23)13-21(27(30)32)17-28-22-9-5-2-6-10-22/h1-10,13-15,28H,11-12,16-18H2,(H,29,31). The van der Waals surface area contributed by atoms with Crippen molar-refractivity contribution < 1.29 is 14.3 Å². The minimum Gasteiger partial charge on any atom is -0.486 e. The van der Waals surface area contributed by atoms with Gasteiger partial charge in [-0.3, -0.25) is 14.2 Å². The zero-order chi connectivity index (χ0) is 23.3. The third-order valence-corrected chi connectivity index (χ3v) is 5.72. The first-order valence-electron chi connectivity index (χ1n) is 11.2. The number of benzene rings is 3. The number of pyridine rings is 1. The van der Waals surface area contributed by atoms with E-state index in [2.05, 4.69) is 10.6 Å². The van der Waals surface area contributed by atoms with Crippen molar-refractivity contribution in [3.63, 3.8) is 0 Å². The smallest absolute Gasteiger partial charge is 0.256 e. The van der Waals surface area contributed by atoms with E-state index in [1.807, 2.05) is 72.8 Å². The molecule has 0 atom stereocenters. The zero-order valence-corrected chi connectivity index (χ0v) is 18.6. The molecule has 0 saturated heterocycles. The van der Waals surface area contributed by atoms with Gasteiger partial charge in [-0.15, -0.1) is 0 Å². The Balaban J connectivity index is 1.47. The van der Waals surface area contributed by atoms with Crippen LogP contribution in [-0.4, -0.2) is 23.7 Å². The van der Waals surface area contributed by atoms with Crippen LogP contribution >= 0.6 is 0 Å². The predicted molar refractivity (Wildman–Crippen MR) is 131 cm³/mol. The monoisotopic (exact) mass is 455 g/mol. The fourth-order valence-corrected chi connectivity index (χ4v) is 4.01. The van der Waals surface area contributed by atoms with Gasteiger partial charge in [-0.05, 0) is 29.8 Å². The van der Waals surface area contributed by atoms with Gasteiger partial charge >= 0.3 is 0 Å². The van der Waals surface area contributed by atoms with E-state index < -0.39 is 0 Å². The van der Waals surface area contributed by atoms with Gasteiger partial charge in [0.15, 0.2) is 11.5 Å². The average molecular weight is 456 g/mol. The van der Waals surface area contributed by atoms with Crippen LogP contribution in [0.15, 0.2) is 83.7 Å². The summed E-state index contributed by atoms with van der Waals surface area (Å²) in [4.78, 5) is 26.3. The minimum atomic E-state index is -0.240. The van der Waals surface area contributed by atoms with E-state index in [9.17, 15) is 9.59 Å². The third-order valence-electron chi connectivity index (χ3n) is 5.72. The van der Waals surface area contributed by atoms with Crippen molar-refractivity contribution in [1.82, 2.24) is 9.88 Å². The van der Waals surface area contributed by atoms with Gasteiger partial charge in [-0.1, -0.05) is 48.5 Å². The molecule has 34 heavy (non-hydrogen) atoms. The Morgan fingerprint density at radius 2 is 1.53 bits per heavy atom. The summed E-state index contributed by atoms with van der Waals surface area (Å²) in [7, 11) is 0. The summed E-state index contributed by atoms with van der Waals surface area (Å²) in [5, 5.41) is 7.00. The number of para-hydroxylation sites is 1. The summed E-state index contributed by atoms with van der Waals surface area (Å²) in [5.74, 6) is 0.974. The van der Waals surface area contributed by atoms with Crippen molar-refractivity contribution in [2.75, 3.05) is 18.5 Å². The van der Waals surface area contributed by atoms with Crippen LogP contribution in [0.4, 0.5) is 5.69 Å². The van der Waals surface area contributed by atoms with Gasteiger partial charge in [0.2, 0.25) is 5.91 Å². The van der Waals surface area contributed by atoms with E-state index >= 15 is 0 Å². The second-order valence-corrected chi connectivity index (χ2v) is 8.10. The van der Waals surface area contributed by atoms with Crippen LogP contribution in [0, 0.1) is 0 Å². The number of carbonyl (C=O) groups is 1. The second kappa shape index (κ2) is 9.70. The zero-order valence-electron chi connectivity index (χ0n) is 18.6. The third kappa shape index (κ3) is 4.73. The molecule has 172 valence electrons. The molecule has 1 amide bonds. The highest BCUT2D eigenvalue weighted by atomic mass is 16.6. The van der Waals surface area contributed by atoms with Gasteiger partial charge in [-0.2, -0.15) is 0 Å². The molecule has 1 aliphatic rings. The Morgan fingerprint density at radius 1 is 0.853 bits per heavy atom. The molecule has 0 unspecified atom stereocenters. The van der Waals surface area contributed by atoms with Crippen molar-refractivity contribution in [2.45, 2.75) is 19.6 Å². The van der Waals surface area contributed by atoms with Gasteiger partial charge in [0, 0.05) is 35.8 Å². The number of rotatable bonds is 7. The second-order valence-electron chi connectivity index (χ2n) is 8.10. The molecule has 0 saturated carbocycles. The van der Waals surface area contributed by atoms with Crippen molar-refractivity contribution in [1.29, 1.82) is 0 Å². The van der Waals surface area contributed by atoms with Crippen molar-refractivity contribution in [2.24, 2.45) is 0 Å². The summed E-state index contributed by atoms with van der Waals surface area (Å²) in [5.41, 5.74) is 2.88. The number of ether oxygens (including phenoxy) is 2. The summed E-state index contributed by atoms with van der Waals surface area (Å²) in [6, 6.07) is 24.9. The molecule has 2 heterocycles.